The summed E-state index contributed by atoms with van der Waals surface area (Å²) >= 11 is 18.5. The third-order valence-electron chi connectivity index (χ3n) is 3.14. The van der Waals surface area contributed by atoms with Crippen LogP contribution in [-0.2, 0) is 0 Å². The molecule has 0 N–H and O–H groups in total. The lowest BCUT2D eigenvalue weighted by Gasteiger charge is -2.10. The Bertz CT molecular complexity index is 795. The largest absolute Gasteiger partial charge is 0.233 e. The predicted octanol–water partition coefficient (Wildman–Crippen LogP) is 5.81. The Labute approximate surface area is 137 Å². The monoisotopic (exact) mass is 336 g/mol. The van der Waals surface area contributed by atoms with Crippen molar-refractivity contribution in [3.8, 4) is 16.9 Å². The lowest BCUT2D eigenvalue weighted by molar-refractivity contribution is 0.869. The Morgan fingerprint density at radius 1 is 0.905 bits per heavy atom. The Morgan fingerprint density at radius 2 is 1.62 bits per heavy atom. The molecule has 1 heterocycles. The number of halogens is 3. The number of rotatable bonds is 2. The molecule has 1 aromatic heterocycles. The molecule has 0 amide bonds. The van der Waals surface area contributed by atoms with Crippen LogP contribution < -0.4 is 0 Å². The normalized spacial score (nSPS) is 10.9. The average molecular weight is 338 g/mol. The van der Waals surface area contributed by atoms with Crippen molar-refractivity contribution in [2.75, 3.05) is 0 Å². The van der Waals surface area contributed by atoms with Gasteiger partial charge in [-0.3, -0.25) is 0 Å². The summed E-state index contributed by atoms with van der Waals surface area (Å²) in [4.78, 5) is 0. The van der Waals surface area contributed by atoms with Crippen molar-refractivity contribution in [2.24, 2.45) is 0 Å². The van der Waals surface area contributed by atoms with E-state index in [2.05, 4.69) is 5.10 Å². The van der Waals surface area contributed by atoms with Crippen molar-refractivity contribution in [1.29, 1.82) is 0 Å². The summed E-state index contributed by atoms with van der Waals surface area (Å²) in [6, 6.07) is 15.4. The fourth-order valence-corrected chi connectivity index (χ4v) is 2.81. The molecule has 0 bridgehead atoms. The molecule has 2 nitrogen and oxygen atoms in total. The number of nitrogens with zero attached hydrogens (tertiary/aromatic N) is 2. The molecule has 0 aliphatic heterocycles. The maximum atomic E-state index is 6.34. The number of hydrogen-bond acceptors (Lipinski definition) is 1. The summed E-state index contributed by atoms with van der Waals surface area (Å²) in [5, 5.41) is 5.76. The highest BCUT2D eigenvalue weighted by Gasteiger charge is 2.16. The molecule has 0 aliphatic rings. The smallest absolute Gasteiger partial charge is 0.0785 e. The molecule has 106 valence electrons. The first-order valence-electron chi connectivity index (χ1n) is 6.34. The van der Waals surface area contributed by atoms with Crippen LogP contribution in [0.5, 0.6) is 0 Å². The van der Waals surface area contributed by atoms with E-state index in [9.17, 15) is 0 Å². The number of hydrogen-bond donors (Lipinski definition) is 0. The predicted molar refractivity (Wildman–Crippen MR) is 88.8 cm³/mol. The van der Waals surface area contributed by atoms with E-state index in [-0.39, 0.29) is 0 Å². The minimum atomic E-state index is 0.356. The third kappa shape index (κ3) is 2.67. The highest BCUT2D eigenvalue weighted by molar-refractivity contribution is 6.49. The molecule has 3 aromatic rings. The van der Waals surface area contributed by atoms with E-state index in [1.54, 1.807) is 6.07 Å². The van der Waals surface area contributed by atoms with Crippen LogP contribution in [0.3, 0.4) is 0 Å². The Kier molecular flexibility index (Phi) is 3.94. The van der Waals surface area contributed by atoms with Gasteiger partial charge in [-0.1, -0.05) is 53.0 Å². The number of para-hydroxylation sites is 1. The van der Waals surface area contributed by atoms with Crippen LogP contribution >= 0.6 is 34.8 Å². The van der Waals surface area contributed by atoms with E-state index in [4.69, 9.17) is 34.8 Å². The first-order chi connectivity index (χ1) is 10.1. The van der Waals surface area contributed by atoms with Gasteiger partial charge in [0.05, 0.1) is 32.1 Å². The zero-order valence-corrected chi connectivity index (χ0v) is 13.4. The van der Waals surface area contributed by atoms with E-state index in [1.165, 1.54) is 0 Å². The molecule has 0 atom stereocenters. The molecular weight excluding hydrogens is 327 g/mol. The van der Waals surface area contributed by atoms with Crippen LogP contribution in [0, 0.1) is 6.92 Å². The maximum Gasteiger partial charge on any atom is 0.0785 e. The first-order valence-corrected chi connectivity index (χ1v) is 7.47. The lowest BCUT2D eigenvalue weighted by Crippen LogP contribution is -1.99. The van der Waals surface area contributed by atoms with Gasteiger partial charge in [0, 0.05) is 5.56 Å². The summed E-state index contributed by atoms with van der Waals surface area (Å²) in [6.45, 7) is 1.94. The van der Waals surface area contributed by atoms with Gasteiger partial charge in [-0.2, -0.15) is 5.10 Å². The van der Waals surface area contributed by atoms with Crippen molar-refractivity contribution in [1.82, 2.24) is 9.78 Å². The summed E-state index contributed by atoms with van der Waals surface area (Å²) in [5.74, 6) is 0. The van der Waals surface area contributed by atoms with E-state index in [1.807, 2.05) is 54.1 Å². The van der Waals surface area contributed by atoms with Crippen LogP contribution in [0.2, 0.25) is 15.1 Å². The lowest BCUT2D eigenvalue weighted by atomic mass is 10.1. The van der Waals surface area contributed by atoms with Crippen LogP contribution in [0.15, 0.2) is 48.5 Å². The molecule has 3 rings (SSSR count). The van der Waals surface area contributed by atoms with Crippen molar-refractivity contribution in [3.63, 3.8) is 0 Å². The SMILES string of the molecule is Cc1cc(-c2ccc(Cl)c(Cl)c2Cl)n(-c2ccccc2)n1. The summed E-state index contributed by atoms with van der Waals surface area (Å²) < 4.78 is 1.85. The van der Waals surface area contributed by atoms with E-state index >= 15 is 0 Å². The summed E-state index contributed by atoms with van der Waals surface area (Å²) in [7, 11) is 0. The van der Waals surface area contributed by atoms with Gasteiger partial charge < -0.3 is 0 Å². The van der Waals surface area contributed by atoms with E-state index in [0.29, 0.717) is 15.1 Å². The standard InChI is InChI=1S/C16H11Cl3N2/c1-10-9-14(12-7-8-13(17)16(19)15(12)18)21(20-10)11-5-3-2-4-6-11/h2-9H,1H3. The molecule has 0 saturated carbocycles. The van der Waals surface area contributed by atoms with Crippen LogP contribution in [0.25, 0.3) is 16.9 Å². The zero-order valence-electron chi connectivity index (χ0n) is 11.1. The molecule has 2 aromatic carbocycles. The van der Waals surface area contributed by atoms with Gasteiger partial charge in [0.2, 0.25) is 0 Å². The number of aryl methyl sites for hydroxylation is 1. The second kappa shape index (κ2) is 5.72. The maximum absolute atomic E-state index is 6.34. The van der Waals surface area contributed by atoms with E-state index in [0.717, 1.165) is 22.6 Å². The summed E-state index contributed by atoms with van der Waals surface area (Å²) in [5.41, 5.74) is 3.54. The van der Waals surface area contributed by atoms with Gasteiger partial charge in [0.1, 0.15) is 0 Å². The van der Waals surface area contributed by atoms with Crippen LogP contribution in [0.4, 0.5) is 0 Å². The van der Waals surface area contributed by atoms with Crippen molar-refractivity contribution >= 4 is 34.8 Å². The van der Waals surface area contributed by atoms with Gasteiger partial charge in [-0.15, -0.1) is 0 Å². The van der Waals surface area contributed by atoms with Crippen molar-refractivity contribution in [2.45, 2.75) is 6.92 Å². The molecular formula is C16H11Cl3N2. The van der Waals surface area contributed by atoms with Gasteiger partial charge in [-0.25, -0.2) is 4.68 Å². The van der Waals surface area contributed by atoms with Gasteiger partial charge in [-0.05, 0) is 37.3 Å². The Hall–Kier alpha value is -1.48. The minimum Gasteiger partial charge on any atom is -0.233 e. The molecule has 5 heteroatoms. The average Bonchev–Trinajstić information content (AvgIpc) is 2.88. The van der Waals surface area contributed by atoms with Gasteiger partial charge >= 0.3 is 0 Å². The molecule has 0 radical (unpaired) electrons. The highest BCUT2D eigenvalue weighted by Crippen LogP contribution is 2.38. The molecule has 21 heavy (non-hydrogen) atoms. The van der Waals surface area contributed by atoms with Crippen molar-refractivity contribution in [3.05, 3.63) is 69.3 Å². The summed E-state index contributed by atoms with van der Waals surface area (Å²) in [6.07, 6.45) is 0. The van der Waals surface area contributed by atoms with Crippen LogP contribution in [0.1, 0.15) is 5.69 Å². The van der Waals surface area contributed by atoms with Gasteiger partial charge in [0.25, 0.3) is 0 Å². The van der Waals surface area contributed by atoms with Gasteiger partial charge in [0.15, 0.2) is 0 Å². The van der Waals surface area contributed by atoms with E-state index < -0.39 is 0 Å². The fraction of sp³-hybridized carbons (Fsp3) is 0.0625. The molecule has 0 fully saturated rings. The highest BCUT2D eigenvalue weighted by atomic mass is 35.5. The Morgan fingerprint density at radius 3 is 2.33 bits per heavy atom. The molecule has 0 unspecified atom stereocenters. The quantitative estimate of drug-likeness (QED) is 0.540. The number of benzene rings is 2. The Balaban J connectivity index is 2.23. The fourth-order valence-electron chi connectivity index (χ4n) is 2.18. The number of aromatic nitrogens is 2. The topological polar surface area (TPSA) is 17.8 Å². The zero-order chi connectivity index (χ0) is 15.0. The van der Waals surface area contributed by atoms with Crippen molar-refractivity contribution < 1.29 is 0 Å². The minimum absolute atomic E-state index is 0.356. The third-order valence-corrected chi connectivity index (χ3v) is 4.44. The second-order valence-electron chi connectivity index (χ2n) is 4.64. The molecule has 0 spiro atoms. The second-order valence-corrected chi connectivity index (χ2v) is 5.80. The first kappa shape index (κ1) is 14.5. The molecule has 0 aliphatic carbocycles. The van der Waals surface area contributed by atoms with Crippen LogP contribution in [-0.4, -0.2) is 9.78 Å². The molecule has 0 saturated heterocycles.